The van der Waals surface area contributed by atoms with E-state index in [-0.39, 0.29) is 30.2 Å². The Kier molecular flexibility index (Phi) is 6.16. The molecule has 0 spiro atoms. The Balaban J connectivity index is 1.28. The molecule has 2 fully saturated rings. The monoisotopic (exact) mass is 441 g/mol. The topological polar surface area (TPSA) is 70.5 Å². The van der Waals surface area contributed by atoms with E-state index in [9.17, 15) is 22.8 Å². The van der Waals surface area contributed by atoms with Gasteiger partial charge in [-0.15, -0.1) is 0 Å². The molecular weight excluding hydrogens is 411 g/mol. The molecule has 2 amide bonds. The molecule has 0 unspecified atom stereocenters. The maximum atomic E-state index is 13.6. The number of piperidine rings is 1. The predicted octanol–water partition coefficient (Wildman–Crippen LogP) is 3.12. The minimum Gasteiger partial charge on any atom is -0.367 e. The first kappa shape index (κ1) is 22.0. The molecule has 1 N–H and O–H groups in total. The molecule has 1 aromatic rings. The summed E-state index contributed by atoms with van der Waals surface area (Å²) < 4.78 is 41.9. The summed E-state index contributed by atoms with van der Waals surface area (Å²) in [5.41, 5.74) is 0.563. The molecule has 2 saturated heterocycles. The molecule has 1 aromatic heterocycles. The second-order valence-electron chi connectivity index (χ2n) is 8.97. The van der Waals surface area contributed by atoms with Crippen LogP contribution in [0.1, 0.15) is 56.7 Å². The molecule has 0 radical (unpaired) electrons. The van der Waals surface area contributed by atoms with Gasteiger partial charge >= 0.3 is 6.18 Å². The number of carbonyl (C=O) groups excluding carboxylic acids is 2. The maximum Gasteiger partial charge on any atom is 0.410 e. The number of alkyl halides is 3. The van der Waals surface area contributed by atoms with Crippen LogP contribution in [0, 0.1) is 12.8 Å². The molecule has 0 aromatic carbocycles. The number of likely N-dealkylation sites (tertiary alicyclic amines) is 2. The lowest BCUT2D eigenvalue weighted by Gasteiger charge is -2.41. The first-order chi connectivity index (χ1) is 14.7. The molecule has 10 heteroatoms. The first-order valence-electron chi connectivity index (χ1n) is 11.2. The van der Waals surface area contributed by atoms with Gasteiger partial charge in [-0.25, -0.2) is 4.68 Å². The summed E-state index contributed by atoms with van der Waals surface area (Å²) in [6, 6.07) is -0.238. The van der Waals surface area contributed by atoms with Gasteiger partial charge in [-0.1, -0.05) is 0 Å². The fraction of sp³-hybridized carbons (Fsp3) is 0.762. The van der Waals surface area contributed by atoms with Crippen molar-refractivity contribution < 1.29 is 22.8 Å². The molecule has 2 atom stereocenters. The van der Waals surface area contributed by atoms with E-state index in [2.05, 4.69) is 10.4 Å². The third kappa shape index (κ3) is 4.82. The molecule has 3 aliphatic heterocycles. The highest BCUT2D eigenvalue weighted by atomic mass is 19.4. The van der Waals surface area contributed by atoms with Crippen molar-refractivity contribution in [3.05, 3.63) is 11.8 Å². The molecule has 0 bridgehead atoms. The second kappa shape index (κ2) is 8.70. The summed E-state index contributed by atoms with van der Waals surface area (Å²) >= 11 is 0. The fourth-order valence-corrected chi connectivity index (χ4v) is 5.10. The molecule has 4 rings (SSSR count). The molecule has 31 heavy (non-hydrogen) atoms. The van der Waals surface area contributed by atoms with Crippen LogP contribution in [-0.2, 0) is 9.59 Å². The van der Waals surface area contributed by atoms with Crippen LogP contribution < -0.4 is 5.32 Å². The number of aromatic nitrogens is 2. The van der Waals surface area contributed by atoms with Crippen molar-refractivity contribution >= 4 is 17.6 Å². The van der Waals surface area contributed by atoms with Gasteiger partial charge in [0.2, 0.25) is 11.8 Å². The highest BCUT2D eigenvalue weighted by Gasteiger charge is 2.47. The molecule has 0 saturated carbocycles. The highest BCUT2D eigenvalue weighted by Crippen LogP contribution is 2.42. The minimum atomic E-state index is -4.35. The van der Waals surface area contributed by atoms with Crippen molar-refractivity contribution in [1.82, 2.24) is 19.6 Å². The van der Waals surface area contributed by atoms with Crippen LogP contribution in [0.25, 0.3) is 0 Å². The SMILES string of the molecule is Cc1cc2n(n1)[C@@H](C(F)(F)F)C[C@@H](C1CCN(C(=O)CCCN3CCCC3=O)CC1)N2. The number of carbonyl (C=O) groups is 2. The fourth-order valence-electron chi connectivity index (χ4n) is 5.10. The van der Waals surface area contributed by atoms with Crippen LogP contribution in [0.15, 0.2) is 6.07 Å². The van der Waals surface area contributed by atoms with Crippen LogP contribution in [0.5, 0.6) is 0 Å². The molecule has 3 aliphatic rings. The van der Waals surface area contributed by atoms with E-state index in [0.29, 0.717) is 63.3 Å². The van der Waals surface area contributed by atoms with Crippen LogP contribution in [0.4, 0.5) is 19.0 Å². The second-order valence-corrected chi connectivity index (χ2v) is 8.97. The third-order valence-electron chi connectivity index (χ3n) is 6.79. The number of hydrogen-bond donors (Lipinski definition) is 1. The molecule has 4 heterocycles. The molecule has 172 valence electrons. The number of hydrogen-bond acceptors (Lipinski definition) is 4. The number of anilines is 1. The van der Waals surface area contributed by atoms with Gasteiger partial charge in [0, 0.05) is 51.1 Å². The van der Waals surface area contributed by atoms with Crippen molar-refractivity contribution in [1.29, 1.82) is 0 Å². The zero-order valence-electron chi connectivity index (χ0n) is 17.8. The largest absolute Gasteiger partial charge is 0.410 e. The van der Waals surface area contributed by atoms with E-state index in [4.69, 9.17) is 0 Å². The average Bonchev–Trinajstić information content (AvgIpc) is 3.30. The zero-order valence-corrected chi connectivity index (χ0v) is 17.8. The standard InChI is InChI=1S/C21H30F3N5O2/c1-14-12-18-25-16(13-17(21(22,23)24)29(18)26-14)15-6-10-28(11-7-15)20(31)5-3-9-27-8-2-4-19(27)30/h12,15-17,25H,2-11,13H2,1H3/t16-,17+/m0/s1. The maximum absolute atomic E-state index is 13.6. The predicted molar refractivity (Wildman–Crippen MR) is 108 cm³/mol. The Labute approximate surface area is 179 Å². The number of fused-ring (bicyclic) bond motifs is 1. The number of aryl methyl sites for hydroxylation is 1. The highest BCUT2D eigenvalue weighted by molar-refractivity contribution is 5.78. The van der Waals surface area contributed by atoms with E-state index >= 15 is 0 Å². The Morgan fingerprint density at radius 3 is 2.65 bits per heavy atom. The van der Waals surface area contributed by atoms with Gasteiger partial charge in [-0.2, -0.15) is 18.3 Å². The van der Waals surface area contributed by atoms with E-state index in [1.807, 2.05) is 9.80 Å². The number of nitrogens with zero attached hydrogens (tertiary/aromatic N) is 4. The summed E-state index contributed by atoms with van der Waals surface area (Å²) in [5.74, 6) is 0.747. The van der Waals surface area contributed by atoms with Gasteiger partial charge in [-0.3, -0.25) is 9.59 Å². The van der Waals surface area contributed by atoms with Crippen molar-refractivity contribution in [3.63, 3.8) is 0 Å². The van der Waals surface area contributed by atoms with Crippen LogP contribution in [0.2, 0.25) is 0 Å². The van der Waals surface area contributed by atoms with Crippen molar-refractivity contribution in [2.75, 3.05) is 31.5 Å². The van der Waals surface area contributed by atoms with Crippen LogP contribution in [-0.4, -0.2) is 69.8 Å². The van der Waals surface area contributed by atoms with E-state index in [1.54, 1.807) is 13.0 Å². The molecule has 7 nitrogen and oxygen atoms in total. The third-order valence-corrected chi connectivity index (χ3v) is 6.79. The first-order valence-corrected chi connectivity index (χ1v) is 11.2. The lowest BCUT2D eigenvalue weighted by Crippen LogP contribution is -2.47. The van der Waals surface area contributed by atoms with E-state index in [1.165, 1.54) is 0 Å². The van der Waals surface area contributed by atoms with Gasteiger partial charge in [0.25, 0.3) is 0 Å². The smallest absolute Gasteiger partial charge is 0.367 e. The Hall–Kier alpha value is -2.26. The summed E-state index contributed by atoms with van der Waals surface area (Å²) in [5, 5.41) is 7.30. The number of amides is 2. The number of halogens is 3. The van der Waals surface area contributed by atoms with Crippen molar-refractivity contribution in [2.45, 2.75) is 70.1 Å². The van der Waals surface area contributed by atoms with Gasteiger partial charge < -0.3 is 15.1 Å². The van der Waals surface area contributed by atoms with Gasteiger partial charge in [0.05, 0.1) is 5.69 Å². The number of rotatable bonds is 5. The van der Waals surface area contributed by atoms with Crippen LogP contribution >= 0.6 is 0 Å². The van der Waals surface area contributed by atoms with Gasteiger partial charge in [0.1, 0.15) is 5.82 Å². The summed E-state index contributed by atoms with van der Waals surface area (Å²) in [6.45, 7) is 4.24. The Bertz CT molecular complexity index is 816. The lowest BCUT2D eigenvalue weighted by atomic mass is 9.84. The van der Waals surface area contributed by atoms with Gasteiger partial charge in [0.15, 0.2) is 6.04 Å². The summed E-state index contributed by atoms with van der Waals surface area (Å²) in [7, 11) is 0. The van der Waals surface area contributed by atoms with Gasteiger partial charge in [-0.05, 0) is 44.9 Å². The quantitative estimate of drug-likeness (QED) is 0.762. The normalized spacial score (nSPS) is 25.0. The Morgan fingerprint density at radius 1 is 1.26 bits per heavy atom. The zero-order chi connectivity index (χ0) is 22.2. The van der Waals surface area contributed by atoms with Crippen molar-refractivity contribution in [2.24, 2.45) is 5.92 Å². The van der Waals surface area contributed by atoms with Crippen molar-refractivity contribution in [3.8, 4) is 0 Å². The summed E-state index contributed by atoms with van der Waals surface area (Å²) in [6.07, 6.45) is -0.453. The number of nitrogens with one attached hydrogen (secondary N) is 1. The lowest BCUT2D eigenvalue weighted by molar-refractivity contribution is -0.174. The van der Waals surface area contributed by atoms with Crippen LogP contribution in [0.3, 0.4) is 0 Å². The molecule has 0 aliphatic carbocycles. The average molecular weight is 441 g/mol. The minimum absolute atomic E-state index is 0.0416. The summed E-state index contributed by atoms with van der Waals surface area (Å²) in [4.78, 5) is 27.8. The Morgan fingerprint density at radius 2 is 2.00 bits per heavy atom. The van der Waals surface area contributed by atoms with E-state index in [0.717, 1.165) is 17.6 Å². The molecular formula is C21H30F3N5O2. The van der Waals surface area contributed by atoms with E-state index < -0.39 is 12.2 Å².